The smallest absolute Gasteiger partial charge is 0.291 e. The quantitative estimate of drug-likeness (QED) is 0.814. The maximum atomic E-state index is 12.7. The second kappa shape index (κ2) is 7.32. The predicted molar refractivity (Wildman–Crippen MR) is 94.0 cm³/mol. The summed E-state index contributed by atoms with van der Waals surface area (Å²) >= 11 is 0. The van der Waals surface area contributed by atoms with Crippen molar-refractivity contribution in [3.63, 3.8) is 0 Å². The maximum absolute atomic E-state index is 12.7. The summed E-state index contributed by atoms with van der Waals surface area (Å²) in [6.45, 7) is 2.85. The summed E-state index contributed by atoms with van der Waals surface area (Å²) in [5.41, 5.74) is 0.937. The minimum Gasteiger partial charge on any atom is -0.300 e. The molecule has 0 amide bonds. The van der Waals surface area contributed by atoms with Crippen molar-refractivity contribution in [1.82, 2.24) is 14.5 Å². The molecule has 0 atom stereocenters. The minimum absolute atomic E-state index is 0.210. The molecule has 1 fully saturated rings. The number of aromatic amines is 2. The van der Waals surface area contributed by atoms with Crippen LogP contribution in [0.3, 0.4) is 0 Å². The molecule has 1 aromatic heterocycles. The van der Waals surface area contributed by atoms with Gasteiger partial charge in [-0.15, -0.1) is 5.11 Å². The Morgan fingerprint density at radius 1 is 0.960 bits per heavy atom. The van der Waals surface area contributed by atoms with Crippen LogP contribution in [0, 0.1) is 6.92 Å². The second-order valence-electron chi connectivity index (χ2n) is 6.06. The van der Waals surface area contributed by atoms with Gasteiger partial charge in [0.2, 0.25) is 10.0 Å². The normalized spacial score (nSPS) is 17.0. The molecule has 3 rings (SSSR count). The molecule has 0 unspecified atom stereocenters. The number of benzene rings is 1. The van der Waals surface area contributed by atoms with Crippen LogP contribution in [0.2, 0.25) is 0 Å². The van der Waals surface area contributed by atoms with E-state index < -0.39 is 10.0 Å². The van der Waals surface area contributed by atoms with Crippen LogP contribution in [-0.4, -0.2) is 36.0 Å². The third kappa shape index (κ3) is 3.88. The van der Waals surface area contributed by atoms with E-state index in [9.17, 15) is 13.2 Å². The second-order valence-corrected chi connectivity index (χ2v) is 8.00. The molecule has 9 heteroatoms. The predicted octanol–water partition coefficient (Wildman–Crippen LogP) is 2.99. The van der Waals surface area contributed by atoms with Crippen LogP contribution in [0.25, 0.3) is 0 Å². The molecule has 0 radical (unpaired) electrons. The van der Waals surface area contributed by atoms with E-state index in [0.29, 0.717) is 24.5 Å². The van der Waals surface area contributed by atoms with Crippen molar-refractivity contribution in [1.29, 1.82) is 0 Å². The first-order valence-electron chi connectivity index (χ1n) is 8.28. The fourth-order valence-corrected chi connectivity index (χ4v) is 4.30. The van der Waals surface area contributed by atoms with Crippen molar-refractivity contribution in [2.75, 3.05) is 13.1 Å². The summed E-state index contributed by atoms with van der Waals surface area (Å²) in [5, 5.41) is 13.0. The molecule has 1 aliphatic rings. The van der Waals surface area contributed by atoms with E-state index in [-0.39, 0.29) is 16.1 Å². The van der Waals surface area contributed by atoms with E-state index in [0.717, 1.165) is 25.7 Å². The molecule has 2 heterocycles. The zero-order valence-electron chi connectivity index (χ0n) is 14.0. The lowest BCUT2D eigenvalue weighted by Crippen LogP contribution is -2.31. The topological polar surface area (TPSA) is 111 Å². The van der Waals surface area contributed by atoms with Crippen LogP contribution < -0.4 is 5.56 Å². The summed E-state index contributed by atoms with van der Waals surface area (Å²) in [4.78, 5) is 11.8. The van der Waals surface area contributed by atoms with E-state index in [4.69, 9.17) is 0 Å². The fourth-order valence-electron chi connectivity index (χ4n) is 2.78. The van der Waals surface area contributed by atoms with Gasteiger partial charge in [0.25, 0.3) is 5.56 Å². The number of azo groups is 1. The number of aryl methyl sites for hydroxylation is 1. The lowest BCUT2D eigenvalue weighted by atomic mass is 10.2. The number of aromatic nitrogens is 2. The highest BCUT2D eigenvalue weighted by Crippen LogP contribution is 2.23. The molecule has 8 nitrogen and oxygen atoms in total. The van der Waals surface area contributed by atoms with E-state index in [1.54, 1.807) is 23.4 Å². The first kappa shape index (κ1) is 17.6. The van der Waals surface area contributed by atoms with Gasteiger partial charge in [0, 0.05) is 13.1 Å². The number of rotatable bonds is 4. The van der Waals surface area contributed by atoms with E-state index in [1.807, 2.05) is 0 Å². The minimum atomic E-state index is -3.47. The number of hydrogen-bond donors (Lipinski definition) is 2. The molecule has 1 aromatic carbocycles. The van der Waals surface area contributed by atoms with Gasteiger partial charge in [-0.1, -0.05) is 12.8 Å². The highest BCUT2D eigenvalue weighted by Gasteiger charge is 2.24. The molecule has 0 bridgehead atoms. The Kier molecular flexibility index (Phi) is 5.14. The van der Waals surface area contributed by atoms with Gasteiger partial charge < -0.3 is 5.10 Å². The third-order valence-corrected chi connectivity index (χ3v) is 6.15. The van der Waals surface area contributed by atoms with Crippen molar-refractivity contribution in [2.45, 2.75) is 37.5 Å². The zero-order valence-corrected chi connectivity index (χ0v) is 14.8. The van der Waals surface area contributed by atoms with Gasteiger partial charge >= 0.3 is 0 Å². The lowest BCUT2D eigenvalue weighted by molar-refractivity contribution is 0.424. The van der Waals surface area contributed by atoms with Crippen LogP contribution in [-0.2, 0) is 10.0 Å². The Bertz CT molecular complexity index is 904. The number of H-pyrrole nitrogens is 2. The van der Waals surface area contributed by atoms with E-state index in [2.05, 4.69) is 20.4 Å². The van der Waals surface area contributed by atoms with Crippen LogP contribution in [0.15, 0.2) is 44.2 Å². The molecule has 2 aromatic rings. The van der Waals surface area contributed by atoms with Gasteiger partial charge in [0.15, 0.2) is 5.69 Å². The Balaban J connectivity index is 1.78. The van der Waals surface area contributed by atoms with Gasteiger partial charge in [-0.3, -0.25) is 9.89 Å². The average Bonchev–Trinajstić information content (AvgIpc) is 2.82. The van der Waals surface area contributed by atoms with Crippen molar-refractivity contribution >= 4 is 21.4 Å². The number of nitrogens with one attached hydrogen (secondary N) is 2. The number of nitrogens with zero attached hydrogens (tertiary/aromatic N) is 3. The van der Waals surface area contributed by atoms with Crippen LogP contribution >= 0.6 is 0 Å². The standard InChI is InChI=1S/C16H21N5O3S/c1-12-15(16(22)20-17-12)19-18-13-6-8-14(9-7-13)25(23,24)21-10-4-2-3-5-11-21/h6-9H,2-5,10-11H2,1H3,(H2,17,20,22). The third-order valence-electron chi connectivity index (χ3n) is 4.24. The van der Waals surface area contributed by atoms with Gasteiger partial charge in [-0.25, -0.2) is 8.42 Å². The molecule has 1 aliphatic heterocycles. The SMILES string of the molecule is Cc1[nH][nH]c(=O)c1N=Nc1ccc(S(=O)(=O)N2CCCCCC2)cc1. The number of sulfonamides is 1. The average molecular weight is 363 g/mol. The van der Waals surface area contributed by atoms with Crippen molar-refractivity contribution < 1.29 is 8.42 Å². The molecule has 0 aliphatic carbocycles. The Labute approximate surface area is 146 Å². The van der Waals surface area contributed by atoms with Gasteiger partial charge in [-0.05, 0) is 44.0 Å². The molecule has 1 saturated heterocycles. The van der Waals surface area contributed by atoms with E-state index >= 15 is 0 Å². The van der Waals surface area contributed by atoms with E-state index in [1.165, 1.54) is 12.1 Å². The van der Waals surface area contributed by atoms with Crippen molar-refractivity contribution in [3.05, 3.63) is 40.3 Å². The molecule has 2 N–H and O–H groups in total. The fraction of sp³-hybridized carbons (Fsp3) is 0.438. The molecule has 0 spiro atoms. The highest BCUT2D eigenvalue weighted by atomic mass is 32.2. The maximum Gasteiger partial charge on any atom is 0.291 e. The summed E-state index contributed by atoms with van der Waals surface area (Å²) in [7, 11) is -3.47. The van der Waals surface area contributed by atoms with Crippen molar-refractivity contribution in [3.8, 4) is 0 Å². The summed E-state index contributed by atoms with van der Waals surface area (Å²) in [6.07, 6.45) is 3.94. The number of hydrogen-bond acceptors (Lipinski definition) is 5. The van der Waals surface area contributed by atoms with Crippen LogP contribution in [0.5, 0.6) is 0 Å². The van der Waals surface area contributed by atoms with Crippen LogP contribution in [0.4, 0.5) is 11.4 Å². The largest absolute Gasteiger partial charge is 0.300 e. The zero-order chi connectivity index (χ0) is 17.9. The summed E-state index contributed by atoms with van der Waals surface area (Å²) in [5.74, 6) is 0. The first-order chi connectivity index (χ1) is 12.0. The van der Waals surface area contributed by atoms with Crippen LogP contribution in [0.1, 0.15) is 31.4 Å². The molecular formula is C16H21N5O3S. The Morgan fingerprint density at radius 2 is 1.60 bits per heavy atom. The molecule has 25 heavy (non-hydrogen) atoms. The van der Waals surface area contributed by atoms with Gasteiger partial charge in [0.1, 0.15) is 0 Å². The monoisotopic (exact) mass is 363 g/mol. The molecular weight excluding hydrogens is 342 g/mol. The first-order valence-corrected chi connectivity index (χ1v) is 9.72. The molecule has 134 valence electrons. The summed E-state index contributed by atoms with van der Waals surface area (Å²) < 4.78 is 27.0. The van der Waals surface area contributed by atoms with Crippen molar-refractivity contribution in [2.24, 2.45) is 10.2 Å². The van der Waals surface area contributed by atoms with Gasteiger partial charge in [-0.2, -0.15) is 9.42 Å². The van der Waals surface area contributed by atoms with Gasteiger partial charge in [0.05, 0.1) is 16.3 Å². The highest BCUT2D eigenvalue weighted by molar-refractivity contribution is 7.89. The molecule has 0 saturated carbocycles. The Hall–Kier alpha value is -2.26. The Morgan fingerprint density at radius 3 is 2.16 bits per heavy atom. The lowest BCUT2D eigenvalue weighted by Gasteiger charge is -2.19. The summed E-state index contributed by atoms with van der Waals surface area (Å²) in [6, 6.07) is 6.24.